The van der Waals surface area contributed by atoms with Gasteiger partial charge in [-0.3, -0.25) is 9.69 Å². The highest BCUT2D eigenvalue weighted by Crippen LogP contribution is 2.18. The molecule has 1 fully saturated rings. The highest BCUT2D eigenvalue weighted by Gasteiger charge is 2.19. The highest BCUT2D eigenvalue weighted by atomic mass is 16.1. The van der Waals surface area contributed by atoms with Crippen molar-refractivity contribution >= 4 is 11.5 Å². The largest absolute Gasteiger partial charge is 0.369 e. The molecule has 1 saturated heterocycles. The summed E-state index contributed by atoms with van der Waals surface area (Å²) in [5.41, 5.74) is 1.94. The number of Topliss-reactive ketones (excluding diaryl/α,β-unsaturated/α-hetero) is 1. The van der Waals surface area contributed by atoms with Crippen LogP contribution in [-0.4, -0.2) is 57.1 Å². The van der Waals surface area contributed by atoms with E-state index in [1.54, 1.807) is 6.92 Å². The molecular formula is C17H24N6O. The topological polar surface area (TPSA) is 67.2 Å². The molecule has 1 aromatic heterocycles. The maximum Gasteiger partial charge on any atom is 0.165 e. The van der Waals surface area contributed by atoms with Crippen molar-refractivity contribution in [2.45, 2.75) is 33.4 Å². The van der Waals surface area contributed by atoms with Gasteiger partial charge in [0.1, 0.15) is 0 Å². The normalized spacial score (nSPS) is 15.7. The van der Waals surface area contributed by atoms with Gasteiger partial charge in [-0.1, -0.05) is 6.92 Å². The standard InChI is InChI=1S/C17H24N6O/c1-3-8-23-17(18-19-20-23)13-21-9-11-22(12-10-21)16-6-4-15(5-7-16)14(2)24/h4-7H,3,8-13H2,1-2H3. The van der Waals surface area contributed by atoms with Crippen molar-refractivity contribution in [2.75, 3.05) is 31.1 Å². The Labute approximate surface area is 142 Å². The van der Waals surface area contributed by atoms with Gasteiger partial charge in [-0.15, -0.1) is 5.10 Å². The number of aromatic nitrogens is 4. The first-order valence-electron chi connectivity index (χ1n) is 8.50. The maximum atomic E-state index is 11.4. The second-order valence-electron chi connectivity index (χ2n) is 6.18. The van der Waals surface area contributed by atoms with E-state index in [0.717, 1.165) is 57.1 Å². The summed E-state index contributed by atoms with van der Waals surface area (Å²) >= 11 is 0. The van der Waals surface area contributed by atoms with Gasteiger partial charge < -0.3 is 4.90 Å². The molecule has 0 aliphatic carbocycles. The first-order chi connectivity index (χ1) is 11.7. The van der Waals surface area contributed by atoms with Crippen LogP contribution in [0.3, 0.4) is 0 Å². The Morgan fingerprint density at radius 2 is 1.83 bits per heavy atom. The van der Waals surface area contributed by atoms with Crippen molar-refractivity contribution < 1.29 is 4.79 Å². The number of ketones is 1. The van der Waals surface area contributed by atoms with Crippen LogP contribution in [0.4, 0.5) is 5.69 Å². The molecule has 0 bridgehead atoms. The predicted molar refractivity (Wildman–Crippen MR) is 92.0 cm³/mol. The van der Waals surface area contributed by atoms with E-state index in [-0.39, 0.29) is 5.78 Å². The van der Waals surface area contributed by atoms with Crippen molar-refractivity contribution in [2.24, 2.45) is 0 Å². The average molecular weight is 328 g/mol. The van der Waals surface area contributed by atoms with Crippen molar-refractivity contribution in [3.05, 3.63) is 35.7 Å². The van der Waals surface area contributed by atoms with Crippen LogP contribution in [0.25, 0.3) is 0 Å². The van der Waals surface area contributed by atoms with E-state index in [9.17, 15) is 4.79 Å². The summed E-state index contributed by atoms with van der Waals surface area (Å²) in [5.74, 6) is 1.05. The average Bonchev–Trinajstić information content (AvgIpc) is 3.03. The SMILES string of the molecule is CCCn1nnnc1CN1CCN(c2ccc(C(C)=O)cc2)CC1. The van der Waals surface area contributed by atoms with Crippen molar-refractivity contribution in [1.82, 2.24) is 25.1 Å². The minimum absolute atomic E-state index is 0.108. The zero-order valence-electron chi connectivity index (χ0n) is 14.4. The first kappa shape index (κ1) is 16.6. The molecular weight excluding hydrogens is 304 g/mol. The van der Waals surface area contributed by atoms with Crippen LogP contribution in [-0.2, 0) is 13.1 Å². The van der Waals surface area contributed by atoms with E-state index in [1.165, 1.54) is 5.69 Å². The fourth-order valence-electron chi connectivity index (χ4n) is 2.99. The third kappa shape index (κ3) is 3.79. The van der Waals surface area contributed by atoms with E-state index in [2.05, 4.69) is 32.2 Å². The Hall–Kier alpha value is -2.28. The summed E-state index contributed by atoms with van der Waals surface area (Å²) in [7, 11) is 0. The van der Waals surface area contributed by atoms with E-state index in [0.29, 0.717) is 0 Å². The predicted octanol–water partition coefficient (Wildman–Crippen LogP) is 1.61. The maximum absolute atomic E-state index is 11.4. The van der Waals surface area contributed by atoms with Crippen LogP contribution in [0.5, 0.6) is 0 Å². The lowest BCUT2D eigenvalue weighted by atomic mass is 10.1. The van der Waals surface area contributed by atoms with Crippen LogP contribution >= 0.6 is 0 Å². The van der Waals surface area contributed by atoms with Crippen LogP contribution in [0, 0.1) is 0 Å². The third-order valence-corrected chi connectivity index (χ3v) is 4.42. The van der Waals surface area contributed by atoms with E-state index < -0.39 is 0 Å². The number of anilines is 1. The van der Waals surface area contributed by atoms with Crippen LogP contribution in [0.1, 0.15) is 36.5 Å². The second-order valence-corrected chi connectivity index (χ2v) is 6.18. The summed E-state index contributed by atoms with van der Waals surface area (Å²) in [6.45, 7) is 9.28. The Bertz CT molecular complexity index is 673. The molecule has 1 aromatic carbocycles. The van der Waals surface area contributed by atoms with Gasteiger partial charge >= 0.3 is 0 Å². The Kier molecular flexibility index (Phi) is 5.20. The molecule has 0 radical (unpaired) electrons. The van der Waals surface area contributed by atoms with Gasteiger partial charge in [0.15, 0.2) is 11.6 Å². The molecule has 2 aromatic rings. The van der Waals surface area contributed by atoms with Gasteiger partial charge in [0, 0.05) is 44.0 Å². The second kappa shape index (κ2) is 7.53. The molecule has 7 heteroatoms. The lowest BCUT2D eigenvalue weighted by Gasteiger charge is -2.35. The van der Waals surface area contributed by atoms with Gasteiger partial charge in [-0.05, 0) is 48.0 Å². The lowest BCUT2D eigenvalue weighted by Crippen LogP contribution is -2.46. The molecule has 0 amide bonds. The Morgan fingerprint density at radius 1 is 1.12 bits per heavy atom. The number of hydrogen-bond donors (Lipinski definition) is 0. The van der Waals surface area contributed by atoms with Gasteiger partial charge in [-0.25, -0.2) is 4.68 Å². The van der Waals surface area contributed by atoms with Crippen molar-refractivity contribution in [1.29, 1.82) is 0 Å². The van der Waals surface area contributed by atoms with Crippen molar-refractivity contribution in [3.8, 4) is 0 Å². The number of piperazine rings is 1. The fourth-order valence-corrected chi connectivity index (χ4v) is 2.99. The van der Waals surface area contributed by atoms with Crippen LogP contribution in [0.15, 0.2) is 24.3 Å². The molecule has 1 aliphatic rings. The van der Waals surface area contributed by atoms with Gasteiger partial charge in [0.2, 0.25) is 0 Å². The Balaban J connectivity index is 1.55. The molecule has 2 heterocycles. The number of benzene rings is 1. The van der Waals surface area contributed by atoms with E-state index in [4.69, 9.17) is 0 Å². The Morgan fingerprint density at radius 3 is 2.46 bits per heavy atom. The molecule has 0 spiro atoms. The van der Waals surface area contributed by atoms with E-state index >= 15 is 0 Å². The van der Waals surface area contributed by atoms with Crippen LogP contribution < -0.4 is 4.90 Å². The number of aryl methyl sites for hydroxylation is 1. The number of hydrogen-bond acceptors (Lipinski definition) is 6. The fraction of sp³-hybridized carbons (Fsp3) is 0.529. The monoisotopic (exact) mass is 328 g/mol. The van der Waals surface area contributed by atoms with E-state index in [1.807, 2.05) is 28.9 Å². The summed E-state index contributed by atoms with van der Waals surface area (Å²) < 4.78 is 1.90. The van der Waals surface area contributed by atoms with Gasteiger partial charge in [0.05, 0.1) is 6.54 Å². The summed E-state index contributed by atoms with van der Waals surface area (Å²) in [6, 6.07) is 7.88. The molecule has 0 saturated carbocycles. The molecule has 0 N–H and O–H groups in total. The molecule has 0 unspecified atom stereocenters. The first-order valence-corrected chi connectivity index (χ1v) is 8.50. The molecule has 3 rings (SSSR count). The van der Waals surface area contributed by atoms with Gasteiger partial charge in [-0.2, -0.15) is 0 Å². The molecule has 7 nitrogen and oxygen atoms in total. The number of carbonyl (C=O) groups is 1. The van der Waals surface area contributed by atoms with Gasteiger partial charge in [0.25, 0.3) is 0 Å². The summed E-state index contributed by atoms with van der Waals surface area (Å²) in [5, 5.41) is 12.0. The molecule has 0 atom stereocenters. The minimum atomic E-state index is 0.108. The lowest BCUT2D eigenvalue weighted by molar-refractivity contribution is 0.101. The number of rotatable bonds is 6. The molecule has 1 aliphatic heterocycles. The van der Waals surface area contributed by atoms with Crippen LogP contribution in [0.2, 0.25) is 0 Å². The number of tetrazole rings is 1. The summed E-state index contributed by atoms with van der Waals surface area (Å²) in [6.07, 6.45) is 1.03. The summed E-state index contributed by atoms with van der Waals surface area (Å²) in [4.78, 5) is 16.1. The number of carbonyl (C=O) groups excluding carboxylic acids is 1. The zero-order valence-corrected chi connectivity index (χ0v) is 14.4. The minimum Gasteiger partial charge on any atom is -0.369 e. The smallest absolute Gasteiger partial charge is 0.165 e. The third-order valence-electron chi connectivity index (χ3n) is 4.42. The molecule has 24 heavy (non-hydrogen) atoms. The quantitative estimate of drug-likeness (QED) is 0.751. The molecule has 128 valence electrons. The zero-order chi connectivity index (χ0) is 16.9. The van der Waals surface area contributed by atoms with Crippen molar-refractivity contribution in [3.63, 3.8) is 0 Å². The highest BCUT2D eigenvalue weighted by molar-refractivity contribution is 5.94. The number of nitrogens with zero attached hydrogens (tertiary/aromatic N) is 6.